The molecular weight excluding hydrogens is 434 g/mol. The third-order valence-electron chi connectivity index (χ3n) is 5.19. The van der Waals surface area contributed by atoms with Crippen LogP contribution in [0.15, 0.2) is 63.5 Å². The number of carbonyl (C=O) groups is 2. The van der Waals surface area contributed by atoms with Gasteiger partial charge in [-0.05, 0) is 49.7 Å². The molecule has 4 rings (SSSR count). The summed E-state index contributed by atoms with van der Waals surface area (Å²) in [6.07, 6.45) is -0.382. The molecule has 2 heterocycles. The van der Waals surface area contributed by atoms with Gasteiger partial charge in [0.25, 0.3) is 5.91 Å². The summed E-state index contributed by atoms with van der Waals surface area (Å²) in [5.41, 5.74) is 1.14. The lowest BCUT2D eigenvalue weighted by molar-refractivity contribution is -0.136. The Labute approximate surface area is 177 Å². The Morgan fingerprint density at radius 2 is 1.83 bits per heavy atom. The van der Waals surface area contributed by atoms with Crippen LogP contribution in [-0.2, 0) is 16.9 Å². The van der Waals surface area contributed by atoms with Crippen molar-refractivity contribution in [2.45, 2.75) is 32.4 Å². The SMILES string of the molecule is Cc1ccc(CN2C(=O)C(O)(CC(=O)c3ccc(C)o3)c3cc(Br)ccc32)cc1. The quantitative estimate of drug-likeness (QED) is 0.569. The van der Waals surface area contributed by atoms with Gasteiger partial charge < -0.3 is 14.4 Å². The predicted octanol–water partition coefficient (Wildman–Crippen LogP) is 4.67. The number of anilines is 1. The first-order chi connectivity index (χ1) is 13.8. The van der Waals surface area contributed by atoms with Gasteiger partial charge in [0.15, 0.2) is 11.4 Å². The van der Waals surface area contributed by atoms with E-state index in [0.29, 0.717) is 23.6 Å². The zero-order chi connectivity index (χ0) is 20.8. The minimum absolute atomic E-state index is 0.136. The Bertz CT molecular complexity index is 1100. The highest BCUT2D eigenvalue weighted by Crippen LogP contribution is 2.44. The zero-order valence-electron chi connectivity index (χ0n) is 16.1. The van der Waals surface area contributed by atoms with E-state index >= 15 is 0 Å². The van der Waals surface area contributed by atoms with Crippen molar-refractivity contribution in [1.82, 2.24) is 0 Å². The summed E-state index contributed by atoms with van der Waals surface area (Å²) in [6, 6.07) is 16.4. The summed E-state index contributed by atoms with van der Waals surface area (Å²) < 4.78 is 6.11. The second-order valence-electron chi connectivity index (χ2n) is 7.41. The highest BCUT2D eigenvalue weighted by atomic mass is 79.9. The molecule has 1 unspecified atom stereocenters. The minimum atomic E-state index is -1.94. The van der Waals surface area contributed by atoms with E-state index in [9.17, 15) is 14.7 Å². The van der Waals surface area contributed by atoms with Crippen LogP contribution < -0.4 is 4.90 Å². The van der Waals surface area contributed by atoms with Crippen LogP contribution in [0.5, 0.6) is 0 Å². The van der Waals surface area contributed by atoms with Crippen LogP contribution in [0.25, 0.3) is 0 Å². The number of hydrogen-bond donors (Lipinski definition) is 1. The normalized spacial score (nSPS) is 18.2. The lowest BCUT2D eigenvalue weighted by Crippen LogP contribution is -2.41. The fourth-order valence-electron chi connectivity index (χ4n) is 3.63. The van der Waals surface area contributed by atoms with E-state index in [0.717, 1.165) is 15.6 Å². The summed E-state index contributed by atoms with van der Waals surface area (Å²) in [5.74, 6) is -0.195. The van der Waals surface area contributed by atoms with Crippen molar-refractivity contribution in [2.24, 2.45) is 0 Å². The third-order valence-corrected chi connectivity index (χ3v) is 5.68. The number of nitrogens with zero attached hydrogens (tertiary/aromatic N) is 1. The average Bonchev–Trinajstić information content (AvgIpc) is 3.20. The Kier molecular flexibility index (Phi) is 4.92. The number of fused-ring (bicyclic) bond motifs is 1. The number of Topliss-reactive ketones (excluding diaryl/α,β-unsaturated/α-hetero) is 1. The Morgan fingerprint density at radius 3 is 2.48 bits per heavy atom. The Balaban J connectivity index is 1.71. The molecule has 29 heavy (non-hydrogen) atoms. The van der Waals surface area contributed by atoms with Crippen molar-refractivity contribution in [3.8, 4) is 0 Å². The van der Waals surface area contributed by atoms with Gasteiger partial charge >= 0.3 is 0 Å². The molecule has 0 fully saturated rings. The molecule has 148 valence electrons. The summed E-state index contributed by atoms with van der Waals surface area (Å²) >= 11 is 3.40. The number of aliphatic hydroxyl groups is 1. The number of ketones is 1. The van der Waals surface area contributed by atoms with Gasteiger partial charge in [-0.15, -0.1) is 0 Å². The molecule has 1 aliphatic rings. The fourth-order valence-corrected chi connectivity index (χ4v) is 3.99. The second-order valence-corrected chi connectivity index (χ2v) is 8.32. The van der Waals surface area contributed by atoms with Crippen molar-refractivity contribution < 1.29 is 19.1 Å². The molecule has 0 aliphatic carbocycles. The predicted molar refractivity (Wildman–Crippen MR) is 113 cm³/mol. The van der Waals surface area contributed by atoms with Crippen LogP contribution in [0.4, 0.5) is 5.69 Å². The number of amides is 1. The molecule has 0 saturated carbocycles. The first-order valence-electron chi connectivity index (χ1n) is 9.27. The summed E-state index contributed by atoms with van der Waals surface area (Å²) in [7, 11) is 0. The van der Waals surface area contributed by atoms with Gasteiger partial charge in [-0.25, -0.2) is 0 Å². The molecule has 3 aromatic rings. The molecule has 1 aliphatic heterocycles. The first-order valence-corrected chi connectivity index (χ1v) is 10.1. The number of halogens is 1. The minimum Gasteiger partial charge on any atom is -0.458 e. The van der Waals surface area contributed by atoms with E-state index in [2.05, 4.69) is 15.9 Å². The first kappa shape index (κ1) is 19.6. The highest BCUT2D eigenvalue weighted by Gasteiger charge is 2.51. The molecular formula is C23H20BrNO4. The maximum absolute atomic E-state index is 13.3. The van der Waals surface area contributed by atoms with E-state index in [1.165, 1.54) is 4.90 Å². The van der Waals surface area contributed by atoms with Gasteiger partial charge in [0.05, 0.1) is 18.7 Å². The molecule has 2 aromatic carbocycles. The Morgan fingerprint density at radius 1 is 1.10 bits per heavy atom. The smallest absolute Gasteiger partial charge is 0.264 e. The summed E-state index contributed by atoms with van der Waals surface area (Å²) in [4.78, 5) is 27.6. The van der Waals surface area contributed by atoms with E-state index in [1.807, 2.05) is 37.3 Å². The molecule has 1 N–H and O–H groups in total. The zero-order valence-corrected chi connectivity index (χ0v) is 17.7. The number of furan rings is 1. The monoisotopic (exact) mass is 453 g/mol. The molecule has 5 nitrogen and oxygen atoms in total. The van der Waals surface area contributed by atoms with E-state index in [4.69, 9.17) is 4.42 Å². The molecule has 1 atom stereocenters. The molecule has 6 heteroatoms. The van der Waals surface area contributed by atoms with Crippen molar-refractivity contribution in [2.75, 3.05) is 4.90 Å². The van der Waals surface area contributed by atoms with Gasteiger partial charge in [-0.2, -0.15) is 0 Å². The number of benzene rings is 2. The van der Waals surface area contributed by atoms with Crippen LogP contribution in [0.3, 0.4) is 0 Å². The van der Waals surface area contributed by atoms with Crippen LogP contribution in [0, 0.1) is 13.8 Å². The van der Waals surface area contributed by atoms with Crippen molar-refractivity contribution in [3.63, 3.8) is 0 Å². The number of aryl methyl sites for hydroxylation is 2. The van der Waals surface area contributed by atoms with E-state index < -0.39 is 17.3 Å². The van der Waals surface area contributed by atoms with E-state index in [-0.39, 0.29) is 12.2 Å². The van der Waals surface area contributed by atoms with Crippen molar-refractivity contribution in [3.05, 3.63) is 87.3 Å². The summed E-state index contributed by atoms with van der Waals surface area (Å²) in [6.45, 7) is 4.05. The lowest BCUT2D eigenvalue weighted by Gasteiger charge is -2.22. The third kappa shape index (κ3) is 3.54. The number of hydrogen-bond acceptors (Lipinski definition) is 4. The maximum atomic E-state index is 13.3. The lowest BCUT2D eigenvalue weighted by atomic mass is 9.89. The summed E-state index contributed by atoms with van der Waals surface area (Å²) in [5, 5.41) is 11.4. The van der Waals surface area contributed by atoms with Gasteiger partial charge in [0.2, 0.25) is 5.78 Å². The van der Waals surface area contributed by atoms with Gasteiger partial charge in [0.1, 0.15) is 5.76 Å². The van der Waals surface area contributed by atoms with Crippen LogP contribution in [-0.4, -0.2) is 16.8 Å². The fraction of sp³-hybridized carbons (Fsp3) is 0.217. The average molecular weight is 454 g/mol. The van der Waals surface area contributed by atoms with Crippen molar-refractivity contribution >= 4 is 33.3 Å². The topological polar surface area (TPSA) is 70.8 Å². The maximum Gasteiger partial charge on any atom is 0.264 e. The van der Waals surface area contributed by atoms with E-state index in [1.54, 1.807) is 31.2 Å². The Hall–Kier alpha value is -2.70. The molecule has 1 amide bonds. The molecule has 0 bridgehead atoms. The molecule has 0 spiro atoms. The standard InChI is InChI=1S/C23H20BrNO4/c1-14-3-6-16(7-4-14)13-25-19-9-8-17(24)11-18(19)23(28,22(25)27)12-20(26)21-10-5-15(2)29-21/h3-11,28H,12-13H2,1-2H3. The highest BCUT2D eigenvalue weighted by molar-refractivity contribution is 9.10. The largest absolute Gasteiger partial charge is 0.458 e. The van der Waals surface area contributed by atoms with Crippen molar-refractivity contribution in [1.29, 1.82) is 0 Å². The number of rotatable bonds is 5. The molecule has 1 aromatic heterocycles. The second kappa shape index (κ2) is 7.28. The number of carbonyl (C=O) groups excluding carboxylic acids is 2. The van der Waals surface area contributed by atoms with Gasteiger partial charge in [-0.3, -0.25) is 9.59 Å². The molecule has 0 saturated heterocycles. The van der Waals surface area contributed by atoms with Crippen LogP contribution >= 0.6 is 15.9 Å². The van der Waals surface area contributed by atoms with Crippen LogP contribution in [0.1, 0.15) is 39.4 Å². The van der Waals surface area contributed by atoms with Crippen LogP contribution in [0.2, 0.25) is 0 Å². The van der Waals surface area contributed by atoms with Gasteiger partial charge in [-0.1, -0.05) is 45.8 Å². The van der Waals surface area contributed by atoms with Gasteiger partial charge in [0, 0.05) is 10.0 Å². The molecule has 0 radical (unpaired) electrons.